The van der Waals surface area contributed by atoms with E-state index >= 15 is 0 Å². The van der Waals surface area contributed by atoms with Gasteiger partial charge in [0.2, 0.25) is 0 Å². The molecule has 0 aliphatic carbocycles. The summed E-state index contributed by atoms with van der Waals surface area (Å²) in [6, 6.07) is 3.61. The molecule has 0 heterocycles. The molecule has 0 aromatic heterocycles. The largest absolute Gasteiger partial charge is 1.00 e. The van der Waals surface area contributed by atoms with Gasteiger partial charge in [0.1, 0.15) is 10.1 Å². The molecule has 0 amide bonds. The molecule has 0 radical (unpaired) electrons. The van der Waals surface area contributed by atoms with Gasteiger partial charge >= 0.3 is 63.3 Å². The normalized spacial score (nSPS) is 11.7. The van der Waals surface area contributed by atoms with Crippen LogP contribution in [0.15, 0.2) is 47.4 Å². The number of rotatable bonds is 39. The summed E-state index contributed by atoms with van der Waals surface area (Å²) in [5.41, 5.74) is -0.797. The quantitative estimate of drug-likeness (QED) is 0.0213. The second kappa shape index (κ2) is 40.6. The van der Waals surface area contributed by atoms with Crippen LogP contribution in [0.1, 0.15) is 240 Å². The Morgan fingerprint density at radius 3 is 1.16 bits per heavy atom. The molecule has 0 bridgehead atoms. The van der Waals surface area contributed by atoms with E-state index < -0.39 is 32.5 Å². The molecule has 1 aromatic carbocycles. The summed E-state index contributed by atoms with van der Waals surface area (Å²) in [5.74, 6) is -1.83. The van der Waals surface area contributed by atoms with Crippen LogP contribution < -0.4 is 51.4 Å². The van der Waals surface area contributed by atoms with Crippen LogP contribution in [0.5, 0.6) is 0 Å². The minimum atomic E-state index is -5.02. The Morgan fingerprint density at radius 1 is 0.491 bits per heavy atom. The average Bonchev–Trinajstić information content (AvgIpc) is 3.18. The predicted octanol–water partition coefficient (Wildman–Crippen LogP) is 11.5. The maximum atomic E-state index is 13.0. The molecule has 0 aliphatic heterocycles. The molecule has 0 aliphatic rings. The van der Waals surface area contributed by atoms with Crippen molar-refractivity contribution in [2.45, 2.75) is 224 Å². The number of esters is 2. The Balaban J connectivity index is 0.0000314. The smallest absolute Gasteiger partial charge is 0.744 e. The summed E-state index contributed by atoms with van der Waals surface area (Å²) in [6.45, 7) is 4.74. The van der Waals surface area contributed by atoms with Crippen LogP contribution in [0.25, 0.3) is 0 Å². The van der Waals surface area contributed by atoms with Crippen LogP contribution in [-0.4, -0.2) is 38.1 Å². The van der Waals surface area contributed by atoms with Gasteiger partial charge in [-0.15, -0.1) is 0 Å². The van der Waals surface area contributed by atoms with Crippen molar-refractivity contribution in [2.75, 3.05) is 13.2 Å². The summed E-state index contributed by atoms with van der Waals surface area (Å²) < 4.78 is 46.8. The molecule has 0 N–H and O–H groups in total. The van der Waals surface area contributed by atoms with Crippen LogP contribution in [0, 0.1) is 0 Å². The molecule has 0 saturated heterocycles. The zero-order valence-electron chi connectivity index (χ0n) is 36.8. The zero-order chi connectivity index (χ0) is 40.8. The van der Waals surface area contributed by atoms with Crippen molar-refractivity contribution in [3.05, 3.63) is 53.6 Å². The van der Waals surface area contributed by atoms with Crippen molar-refractivity contribution in [2.24, 2.45) is 0 Å². The molecule has 0 atom stereocenters. The van der Waals surface area contributed by atoms with E-state index in [1.165, 1.54) is 141 Å². The molecule has 7 nitrogen and oxygen atoms in total. The first-order chi connectivity index (χ1) is 27.3. The van der Waals surface area contributed by atoms with Crippen molar-refractivity contribution in [1.82, 2.24) is 0 Å². The molecule has 0 fully saturated rings. The van der Waals surface area contributed by atoms with Crippen molar-refractivity contribution >= 4 is 22.1 Å². The van der Waals surface area contributed by atoms with Crippen molar-refractivity contribution in [3.63, 3.8) is 0 Å². The monoisotopic (exact) mass is 841 g/mol. The van der Waals surface area contributed by atoms with Crippen LogP contribution in [-0.2, 0) is 19.6 Å². The van der Waals surface area contributed by atoms with Crippen LogP contribution in [0.2, 0.25) is 0 Å². The summed E-state index contributed by atoms with van der Waals surface area (Å²) >= 11 is 0. The second-order valence-electron chi connectivity index (χ2n) is 15.7. The van der Waals surface area contributed by atoms with Gasteiger partial charge in [-0.2, -0.15) is 0 Å². The molecule has 9 heteroatoms. The van der Waals surface area contributed by atoms with Crippen LogP contribution >= 0.6 is 0 Å². The third-order valence-corrected chi connectivity index (χ3v) is 11.4. The zero-order valence-corrected chi connectivity index (χ0v) is 40.8. The molecule has 0 spiro atoms. The molecule has 322 valence electrons. The summed E-state index contributed by atoms with van der Waals surface area (Å²) in [4.78, 5) is 25.2. The molecule has 0 saturated carbocycles. The van der Waals surface area contributed by atoms with Crippen molar-refractivity contribution < 1.29 is 83.4 Å². The molecule has 57 heavy (non-hydrogen) atoms. The van der Waals surface area contributed by atoms with E-state index in [0.29, 0.717) is 12.8 Å². The first-order valence-electron chi connectivity index (χ1n) is 23.1. The Kier molecular flexibility index (Phi) is 40.0. The molecule has 0 unspecified atom stereocenters. The number of carbonyl (C=O) groups is 2. The van der Waals surface area contributed by atoms with E-state index in [9.17, 15) is 22.6 Å². The number of allylic oxidation sites excluding steroid dienone is 4. The topological polar surface area (TPSA) is 110 Å². The summed E-state index contributed by atoms with van der Waals surface area (Å²) in [7, 11) is -5.02. The fraction of sp³-hybridized carbons (Fsp3) is 0.750. The van der Waals surface area contributed by atoms with Gasteiger partial charge in [0, 0.05) is 0 Å². The Labute approximate surface area is 392 Å². The van der Waals surface area contributed by atoms with Crippen molar-refractivity contribution in [1.29, 1.82) is 0 Å². The minimum Gasteiger partial charge on any atom is -0.744 e. The van der Waals surface area contributed by atoms with E-state index in [0.717, 1.165) is 70.3 Å². The fourth-order valence-corrected chi connectivity index (χ4v) is 7.69. The number of benzene rings is 1. The summed E-state index contributed by atoms with van der Waals surface area (Å²) in [5, 5.41) is 0. The number of unbranched alkanes of at least 4 members (excludes halogenated alkanes) is 28. The molecular weight excluding hydrogens is 760 g/mol. The van der Waals surface area contributed by atoms with Crippen molar-refractivity contribution in [3.8, 4) is 0 Å². The van der Waals surface area contributed by atoms with Gasteiger partial charge in [-0.25, -0.2) is 18.0 Å². The average molecular weight is 841 g/mol. The third-order valence-electron chi connectivity index (χ3n) is 10.5. The fourth-order valence-electron chi connectivity index (χ4n) is 7.01. The van der Waals surface area contributed by atoms with Gasteiger partial charge in [0.25, 0.3) is 0 Å². The van der Waals surface area contributed by atoms with Gasteiger partial charge in [-0.05, 0) is 76.3 Å². The Bertz CT molecular complexity index is 1280. The number of ether oxygens (including phenoxy) is 2. The van der Waals surface area contributed by atoms with E-state index in [2.05, 4.69) is 38.2 Å². The molecule has 1 rings (SSSR count). The molecular formula is C48H81KO7S. The summed E-state index contributed by atoms with van der Waals surface area (Å²) in [6.07, 6.45) is 47.6. The van der Waals surface area contributed by atoms with E-state index in [1.807, 2.05) is 0 Å². The maximum absolute atomic E-state index is 13.0. The minimum absolute atomic E-state index is 0. The second-order valence-corrected chi connectivity index (χ2v) is 17.0. The van der Waals surface area contributed by atoms with E-state index in [1.54, 1.807) is 0 Å². The van der Waals surface area contributed by atoms with Gasteiger partial charge in [-0.3, -0.25) is 0 Å². The standard InChI is InChI=1S/C48H82O7S.K/c1-3-5-7-9-11-13-15-17-19-21-23-25-27-29-31-33-35-37-42-54-47(49)44-40-39-41-45(56(51,52)53)46(44)48(50)55-43-38-36-34-32-30-28-26-24-22-20-18-16-14-12-10-8-6-4-2;/h25-28,39-41H,3-24,29-38,42-43H2,1-2H3,(H,51,52,53);/q;+1/p-1/b27-25+,28-26+;. The third kappa shape index (κ3) is 32.6. The van der Waals surface area contributed by atoms with Gasteiger partial charge < -0.3 is 14.0 Å². The van der Waals surface area contributed by atoms with E-state index in [4.69, 9.17) is 9.47 Å². The maximum Gasteiger partial charge on any atom is 1.00 e. The van der Waals surface area contributed by atoms with Gasteiger partial charge in [-0.1, -0.05) is 185 Å². The Hall–Kier alpha value is -0.814. The predicted molar refractivity (Wildman–Crippen MR) is 232 cm³/mol. The van der Waals surface area contributed by atoms with E-state index in [-0.39, 0.29) is 70.2 Å². The number of hydrogen-bond acceptors (Lipinski definition) is 7. The van der Waals surface area contributed by atoms with Crippen LogP contribution in [0.4, 0.5) is 0 Å². The number of hydrogen-bond donors (Lipinski definition) is 0. The van der Waals surface area contributed by atoms with Gasteiger partial charge in [0.15, 0.2) is 0 Å². The SMILES string of the molecule is CCCCCCCCCCCC/C=C/CCCCCCOC(=O)c1cccc(S(=O)(=O)[O-])c1C(=O)OCCCCCC/C=C/CCCCCCCCCCCC.[K+]. The number of carbonyl (C=O) groups excluding carboxylic acids is 2. The Morgan fingerprint density at radius 2 is 0.807 bits per heavy atom. The van der Waals surface area contributed by atoms with Gasteiger partial charge in [0.05, 0.1) is 29.2 Å². The first-order valence-corrected chi connectivity index (χ1v) is 24.5. The van der Waals surface area contributed by atoms with Crippen LogP contribution in [0.3, 0.4) is 0 Å². The molecule has 1 aromatic rings. The first kappa shape index (κ1) is 56.2.